The Morgan fingerprint density at radius 3 is 2.00 bits per heavy atom. The molecule has 17 heavy (non-hydrogen) atoms. The van der Waals surface area contributed by atoms with Gasteiger partial charge in [-0.15, -0.1) is 23.2 Å². The fourth-order valence-corrected chi connectivity index (χ4v) is 2.52. The van der Waals surface area contributed by atoms with Gasteiger partial charge in [-0.05, 0) is 17.8 Å². The average molecular weight is 282 g/mol. The number of carbonyl (C=O) groups is 1. The molecule has 0 aromatic rings. The summed E-state index contributed by atoms with van der Waals surface area (Å²) in [6, 6.07) is 0. The van der Waals surface area contributed by atoms with Crippen molar-refractivity contribution in [3.63, 3.8) is 0 Å². The molecule has 0 bridgehead atoms. The summed E-state index contributed by atoms with van der Waals surface area (Å²) in [5.41, 5.74) is 0.267. The number of amides is 1. The van der Waals surface area contributed by atoms with Gasteiger partial charge in [-0.25, -0.2) is 0 Å². The molecular weight excluding hydrogens is 257 g/mol. The summed E-state index contributed by atoms with van der Waals surface area (Å²) in [4.78, 5) is 13.8. The number of halogens is 2. The summed E-state index contributed by atoms with van der Waals surface area (Å²) in [6.07, 6.45) is 1.64. The summed E-state index contributed by atoms with van der Waals surface area (Å²) in [5.74, 6) is 1.51. The van der Waals surface area contributed by atoms with Gasteiger partial charge in [0.25, 0.3) is 0 Å². The Labute approximate surface area is 116 Å². The van der Waals surface area contributed by atoms with Gasteiger partial charge in [0.1, 0.15) is 0 Å². The van der Waals surface area contributed by atoms with Gasteiger partial charge in [-0.1, -0.05) is 27.7 Å². The number of rotatable bonds is 7. The van der Waals surface area contributed by atoms with Crippen molar-refractivity contribution in [3.8, 4) is 0 Å². The maximum atomic E-state index is 12.0. The lowest BCUT2D eigenvalue weighted by Crippen LogP contribution is -2.35. The van der Waals surface area contributed by atoms with E-state index in [1.807, 2.05) is 0 Å². The standard InChI is InChI=1S/C13H25Cl2NO/c1-11(10-13(2,3)4)9-12(17)16(7-5-14)8-6-15/h11H,5-10H2,1-4H3. The van der Waals surface area contributed by atoms with Gasteiger partial charge < -0.3 is 4.90 Å². The Bertz CT molecular complexity index is 220. The predicted octanol–water partition coefficient (Wildman–Crippen LogP) is 3.76. The highest BCUT2D eigenvalue weighted by Crippen LogP contribution is 2.26. The van der Waals surface area contributed by atoms with Crippen LogP contribution in [0.5, 0.6) is 0 Å². The summed E-state index contributed by atoms with van der Waals surface area (Å²) in [5, 5.41) is 0. The van der Waals surface area contributed by atoms with Crippen molar-refractivity contribution in [2.45, 2.75) is 40.5 Å². The van der Waals surface area contributed by atoms with E-state index < -0.39 is 0 Å². The zero-order valence-electron chi connectivity index (χ0n) is 11.4. The summed E-state index contributed by atoms with van der Waals surface area (Å²) in [6.45, 7) is 9.91. The van der Waals surface area contributed by atoms with Crippen LogP contribution in [-0.4, -0.2) is 35.7 Å². The van der Waals surface area contributed by atoms with E-state index >= 15 is 0 Å². The Kier molecular flexibility index (Phi) is 8.23. The van der Waals surface area contributed by atoms with E-state index in [1.54, 1.807) is 4.90 Å². The maximum absolute atomic E-state index is 12.0. The molecule has 1 amide bonds. The van der Waals surface area contributed by atoms with Crippen molar-refractivity contribution < 1.29 is 4.79 Å². The van der Waals surface area contributed by atoms with Crippen molar-refractivity contribution in [3.05, 3.63) is 0 Å². The van der Waals surface area contributed by atoms with Crippen LogP contribution in [0.15, 0.2) is 0 Å². The monoisotopic (exact) mass is 281 g/mol. The van der Waals surface area contributed by atoms with Gasteiger partial charge in [0.05, 0.1) is 0 Å². The van der Waals surface area contributed by atoms with Crippen molar-refractivity contribution in [2.75, 3.05) is 24.8 Å². The van der Waals surface area contributed by atoms with Crippen molar-refractivity contribution in [1.29, 1.82) is 0 Å². The first-order valence-corrected chi connectivity index (χ1v) is 7.26. The van der Waals surface area contributed by atoms with E-state index in [1.165, 1.54) is 0 Å². The van der Waals surface area contributed by atoms with Crippen LogP contribution < -0.4 is 0 Å². The van der Waals surface area contributed by atoms with Crippen molar-refractivity contribution in [1.82, 2.24) is 4.90 Å². The van der Waals surface area contributed by atoms with Crippen LogP contribution in [-0.2, 0) is 4.79 Å². The van der Waals surface area contributed by atoms with Crippen LogP contribution in [0.25, 0.3) is 0 Å². The molecule has 0 rings (SSSR count). The topological polar surface area (TPSA) is 20.3 Å². The van der Waals surface area contributed by atoms with Gasteiger partial charge >= 0.3 is 0 Å². The number of hydrogen-bond acceptors (Lipinski definition) is 1. The molecule has 0 heterocycles. The Hall–Kier alpha value is 0.0500. The predicted molar refractivity (Wildman–Crippen MR) is 75.9 cm³/mol. The van der Waals surface area contributed by atoms with Crippen LogP contribution in [0.2, 0.25) is 0 Å². The molecule has 0 saturated heterocycles. The molecule has 0 fully saturated rings. The van der Waals surface area contributed by atoms with Gasteiger partial charge in [0, 0.05) is 31.3 Å². The first kappa shape index (κ1) is 17.1. The number of hydrogen-bond donors (Lipinski definition) is 0. The fraction of sp³-hybridized carbons (Fsp3) is 0.923. The van der Waals surface area contributed by atoms with Gasteiger partial charge in [0.2, 0.25) is 5.91 Å². The van der Waals surface area contributed by atoms with Crippen LogP contribution in [0, 0.1) is 11.3 Å². The smallest absolute Gasteiger partial charge is 0.222 e. The molecule has 0 aliphatic heterocycles. The fourth-order valence-electron chi connectivity index (χ4n) is 2.11. The second-order valence-electron chi connectivity index (χ2n) is 5.83. The summed E-state index contributed by atoms with van der Waals surface area (Å²) in [7, 11) is 0. The SMILES string of the molecule is CC(CC(=O)N(CCCl)CCCl)CC(C)(C)C. The largest absolute Gasteiger partial charge is 0.340 e. The average Bonchev–Trinajstić information content (AvgIpc) is 2.14. The maximum Gasteiger partial charge on any atom is 0.222 e. The lowest BCUT2D eigenvalue weighted by Gasteiger charge is -2.26. The third kappa shape index (κ3) is 8.73. The molecule has 4 heteroatoms. The number of alkyl halides is 2. The molecule has 102 valence electrons. The molecule has 0 aliphatic carbocycles. The Morgan fingerprint density at radius 2 is 1.65 bits per heavy atom. The van der Waals surface area contributed by atoms with Gasteiger partial charge in [0.15, 0.2) is 0 Å². The first-order chi connectivity index (χ1) is 7.80. The lowest BCUT2D eigenvalue weighted by atomic mass is 9.84. The van der Waals surface area contributed by atoms with E-state index in [2.05, 4.69) is 27.7 Å². The number of nitrogens with zero attached hydrogens (tertiary/aromatic N) is 1. The zero-order chi connectivity index (χ0) is 13.5. The van der Waals surface area contributed by atoms with Crippen LogP contribution in [0.3, 0.4) is 0 Å². The molecule has 0 saturated carbocycles. The molecule has 0 spiro atoms. The van der Waals surface area contributed by atoms with Crippen molar-refractivity contribution in [2.24, 2.45) is 11.3 Å². The molecule has 0 aliphatic rings. The minimum atomic E-state index is 0.169. The summed E-state index contributed by atoms with van der Waals surface area (Å²) >= 11 is 11.4. The quantitative estimate of drug-likeness (QED) is 0.651. The van der Waals surface area contributed by atoms with E-state index in [9.17, 15) is 4.79 Å². The van der Waals surface area contributed by atoms with Crippen LogP contribution in [0.1, 0.15) is 40.5 Å². The zero-order valence-corrected chi connectivity index (χ0v) is 12.9. The van der Waals surface area contributed by atoms with Gasteiger partial charge in [-0.3, -0.25) is 4.79 Å². The summed E-state index contributed by atoms with van der Waals surface area (Å²) < 4.78 is 0. The van der Waals surface area contributed by atoms with E-state index in [-0.39, 0.29) is 11.3 Å². The van der Waals surface area contributed by atoms with Gasteiger partial charge in [-0.2, -0.15) is 0 Å². The lowest BCUT2D eigenvalue weighted by molar-refractivity contribution is -0.131. The highest BCUT2D eigenvalue weighted by Gasteiger charge is 2.20. The molecule has 1 atom stereocenters. The minimum absolute atomic E-state index is 0.169. The third-order valence-electron chi connectivity index (χ3n) is 2.55. The minimum Gasteiger partial charge on any atom is -0.340 e. The van der Waals surface area contributed by atoms with Crippen LogP contribution in [0.4, 0.5) is 0 Å². The molecule has 2 nitrogen and oxygen atoms in total. The molecule has 0 N–H and O–H groups in total. The highest BCUT2D eigenvalue weighted by atomic mass is 35.5. The molecular formula is C13H25Cl2NO. The van der Waals surface area contributed by atoms with E-state index in [4.69, 9.17) is 23.2 Å². The first-order valence-electron chi connectivity index (χ1n) is 6.20. The van der Waals surface area contributed by atoms with E-state index in [0.29, 0.717) is 37.2 Å². The molecule has 0 aromatic heterocycles. The highest BCUT2D eigenvalue weighted by molar-refractivity contribution is 6.18. The molecule has 1 unspecified atom stereocenters. The Morgan fingerprint density at radius 1 is 1.18 bits per heavy atom. The van der Waals surface area contributed by atoms with E-state index in [0.717, 1.165) is 6.42 Å². The second-order valence-corrected chi connectivity index (χ2v) is 6.59. The third-order valence-corrected chi connectivity index (χ3v) is 2.88. The van der Waals surface area contributed by atoms with Crippen molar-refractivity contribution >= 4 is 29.1 Å². The molecule has 0 aromatic carbocycles. The van der Waals surface area contributed by atoms with Crippen LogP contribution >= 0.6 is 23.2 Å². The number of carbonyl (C=O) groups excluding carboxylic acids is 1. The normalized spacial score (nSPS) is 13.5. The molecule has 0 radical (unpaired) electrons. The second kappa shape index (κ2) is 8.20. The Balaban J connectivity index is 4.19.